The molecule has 2 aliphatic rings. The van der Waals surface area contributed by atoms with Crippen molar-refractivity contribution < 1.29 is 28.8 Å². The standard InChI is InChI=1S/C26H31ClO6/c1-2-26(25(28)29)11-8-19-4-6-21(17-24(19)33-26)31-12-3-13-32-23-7-5-20(16-22(23)27)18-9-14-30-15-10-18/h4-7,16-18H,2-3,8-15H2,1H3,(H,28,29). The Balaban J connectivity index is 1.25. The second-order valence-electron chi connectivity index (χ2n) is 8.65. The summed E-state index contributed by atoms with van der Waals surface area (Å²) >= 11 is 6.44. The number of halogens is 1. The molecule has 2 aromatic rings. The van der Waals surface area contributed by atoms with Crippen molar-refractivity contribution in [3.05, 3.63) is 52.5 Å². The van der Waals surface area contributed by atoms with Crippen LogP contribution in [0.2, 0.25) is 5.02 Å². The van der Waals surface area contributed by atoms with Gasteiger partial charge < -0.3 is 24.1 Å². The summed E-state index contributed by atoms with van der Waals surface area (Å²) in [6.07, 6.45) is 4.31. The predicted molar refractivity (Wildman–Crippen MR) is 126 cm³/mol. The third-order valence-electron chi connectivity index (χ3n) is 6.57. The van der Waals surface area contributed by atoms with Gasteiger partial charge in [-0.2, -0.15) is 0 Å². The molecule has 0 spiro atoms. The minimum absolute atomic E-state index is 0.419. The molecule has 0 saturated carbocycles. The molecule has 1 saturated heterocycles. The summed E-state index contributed by atoms with van der Waals surface area (Å²) in [7, 11) is 0. The number of fused-ring (bicyclic) bond motifs is 1. The first kappa shape index (κ1) is 23.7. The molecule has 4 rings (SSSR count). The van der Waals surface area contributed by atoms with E-state index in [-0.39, 0.29) is 0 Å². The van der Waals surface area contributed by atoms with Crippen LogP contribution in [0.5, 0.6) is 17.2 Å². The Hall–Kier alpha value is -2.44. The van der Waals surface area contributed by atoms with Crippen LogP contribution in [0, 0.1) is 0 Å². The van der Waals surface area contributed by atoms with Crippen LogP contribution in [-0.2, 0) is 16.0 Å². The molecule has 1 unspecified atom stereocenters. The van der Waals surface area contributed by atoms with Gasteiger partial charge in [0.25, 0.3) is 0 Å². The van der Waals surface area contributed by atoms with Gasteiger partial charge in [0.2, 0.25) is 5.60 Å². The quantitative estimate of drug-likeness (QED) is 0.474. The number of hydrogen-bond donors (Lipinski definition) is 1. The second kappa shape index (κ2) is 10.7. The largest absolute Gasteiger partial charge is 0.493 e. The summed E-state index contributed by atoms with van der Waals surface area (Å²) in [6.45, 7) is 4.39. The maximum absolute atomic E-state index is 11.7. The van der Waals surface area contributed by atoms with Gasteiger partial charge in [0, 0.05) is 32.1 Å². The average molecular weight is 475 g/mol. The number of carbonyl (C=O) groups is 1. The van der Waals surface area contributed by atoms with Crippen molar-refractivity contribution in [2.45, 2.75) is 57.0 Å². The zero-order valence-corrected chi connectivity index (χ0v) is 19.7. The maximum Gasteiger partial charge on any atom is 0.348 e. The normalized spacial score (nSPS) is 20.5. The van der Waals surface area contributed by atoms with Crippen molar-refractivity contribution in [2.24, 2.45) is 0 Å². The molecule has 2 aromatic carbocycles. The Bertz CT molecular complexity index is 971. The van der Waals surface area contributed by atoms with Gasteiger partial charge >= 0.3 is 5.97 Å². The minimum atomic E-state index is -1.15. The molecule has 0 amide bonds. The van der Waals surface area contributed by atoms with Gasteiger partial charge in [0.1, 0.15) is 17.2 Å². The van der Waals surface area contributed by atoms with Crippen molar-refractivity contribution >= 4 is 17.6 Å². The summed E-state index contributed by atoms with van der Waals surface area (Å²) in [6, 6.07) is 11.7. The number of benzene rings is 2. The third kappa shape index (κ3) is 5.56. The van der Waals surface area contributed by atoms with Crippen molar-refractivity contribution in [1.29, 1.82) is 0 Å². The number of carboxylic acids is 1. The number of hydrogen-bond acceptors (Lipinski definition) is 5. The van der Waals surface area contributed by atoms with E-state index >= 15 is 0 Å². The molecule has 0 aliphatic carbocycles. The SMILES string of the molecule is CCC1(C(=O)O)CCc2ccc(OCCCOc3ccc(C4CCOCC4)cc3Cl)cc2O1. The van der Waals surface area contributed by atoms with Gasteiger partial charge in [-0.1, -0.05) is 30.7 Å². The van der Waals surface area contributed by atoms with E-state index in [1.54, 1.807) is 6.07 Å². The second-order valence-corrected chi connectivity index (χ2v) is 9.06. The smallest absolute Gasteiger partial charge is 0.348 e. The van der Waals surface area contributed by atoms with Crippen LogP contribution in [0.4, 0.5) is 0 Å². The molecule has 33 heavy (non-hydrogen) atoms. The zero-order chi connectivity index (χ0) is 23.3. The lowest BCUT2D eigenvalue weighted by Crippen LogP contribution is -2.46. The molecule has 0 aromatic heterocycles. The van der Waals surface area contributed by atoms with Crippen LogP contribution in [0.3, 0.4) is 0 Å². The van der Waals surface area contributed by atoms with E-state index in [2.05, 4.69) is 6.07 Å². The van der Waals surface area contributed by atoms with Crippen LogP contribution in [0.15, 0.2) is 36.4 Å². The van der Waals surface area contributed by atoms with Crippen molar-refractivity contribution in [3.8, 4) is 17.2 Å². The molecular weight excluding hydrogens is 444 g/mol. The van der Waals surface area contributed by atoms with Crippen molar-refractivity contribution in [3.63, 3.8) is 0 Å². The lowest BCUT2D eigenvalue weighted by atomic mass is 9.89. The molecule has 0 bridgehead atoms. The highest BCUT2D eigenvalue weighted by Gasteiger charge is 2.42. The van der Waals surface area contributed by atoms with E-state index in [1.165, 1.54) is 5.56 Å². The summed E-state index contributed by atoms with van der Waals surface area (Å²) in [5.74, 6) is 1.51. The number of rotatable bonds is 9. The van der Waals surface area contributed by atoms with Crippen LogP contribution in [-0.4, -0.2) is 43.1 Å². The average Bonchev–Trinajstić information content (AvgIpc) is 2.84. The number of aliphatic carboxylic acids is 1. The zero-order valence-electron chi connectivity index (χ0n) is 19.0. The summed E-state index contributed by atoms with van der Waals surface area (Å²) in [5, 5.41) is 10.2. The van der Waals surface area contributed by atoms with Crippen LogP contribution in [0.1, 0.15) is 56.1 Å². The minimum Gasteiger partial charge on any atom is -0.493 e. The third-order valence-corrected chi connectivity index (χ3v) is 6.86. The van der Waals surface area contributed by atoms with Gasteiger partial charge in [-0.3, -0.25) is 0 Å². The highest BCUT2D eigenvalue weighted by molar-refractivity contribution is 6.32. The fourth-order valence-electron chi connectivity index (χ4n) is 4.43. The molecule has 1 fully saturated rings. The molecule has 2 aliphatic heterocycles. The van der Waals surface area contributed by atoms with Crippen LogP contribution >= 0.6 is 11.6 Å². The summed E-state index contributed by atoms with van der Waals surface area (Å²) in [5.41, 5.74) is 1.09. The van der Waals surface area contributed by atoms with E-state index < -0.39 is 11.6 Å². The number of aryl methyl sites for hydroxylation is 1. The fourth-order valence-corrected chi connectivity index (χ4v) is 4.67. The van der Waals surface area contributed by atoms with Gasteiger partial charge in [0.05, 0.1) is 18.2 Å². The first-order chi connectivity index (χ1) is 16.0. The highest BCUT2D eigenvalue weighted by atomic mass is 35.5. The maximum atomic E-state index is 11.7. The van der Waals surface area contributed by atoms with Gasteiger partial charge in [0.15, 0.2) is 0 Å². The fraction of sp³-hybridized carbons (Fsp3) is 0.500. The van der Waals surface area contributed by atoms with Gasteiger partial charge in [-0.25, -0.2) is 4.79 Å². The lowest BCUT2D eigenvalue weighted by Gasteiger charge is -2.34. The Morgan fingerprint density at radius 2 is 1.94 bits per heavy atom. The van der Waals surface area contributed by atoms with Gasteiger partial charge in [-0.15, -0.1) is 0 Å². The molecule has 1 N–H and O–H groups in total. The molecule has 178 valence electrons. The number of ether oxygens (including phenoxy) is 4. The van der Waals surface area contributed by atoms with Crippen LogP contribution in [0.25, 0.3) is 0 Å². The molecule has 6 nitrogen and oxygen atoms in total. The summed E-state index contributed by atoms with van der Waals surface area (Å²) < 4.78 is 23.0. The van der Waals surface area contributed by atoms with E-state index in [0.29, 0.717) is 67.1 Å². The van der Waals surface area contributed by atoms with E-state index in [4.69, 9.17) is 30.5 Å². The topological polar surface area (TPSA) is 74.2 Å². The van der Waals surface area contributed by atoms with E-state index in [9.17, 15) is 9.90 Å². The van der Waals surface area contributed by atoms with Gasteiger partial charge in [-0.05, 0) is 60.9 Å². The first-order valence-electron chi connectivity index (χ1n) is 11.7. The Morgan fingerprint density at radius 3 is 2.67 bits per heavy atom. The van der Waals surface area contributed by atoms with Crippen molar-refractivity contribution in [2.75, 3.05) is 26.4 Å². The first-order valence-corrected chi connectivity index (χ1v) is 12.1. The molecular formula is C26H31ClO6. The molecule has 2 heterocycles. The predicted octanol–water partition coefficient (Wildman–Crippen LogP) is 5.64. The summed E-state index contributed by atoms with van der Waals surface area (Å²) in [4.78, 5) is 11.7. The van der Waals surface area contributed by atoms with E-state index in [0.717, 1.165) is 31.6 Å². The Labute approximate surface area is 199 Å². The van der Waals surface area contributed by atoms with Crippen molar-refractivity contribution in [1.82, 2.24) is 0 Å². The monoisotopic (exact) mass is 474 g/mol. The van der Waals surface area contributed by atoms with Crippen LogP contribution < -0.4 is 14.2 Å². The molecule has 7 heteroatoms. The molecule has 1 atom stereocenters. The number of carboxylic acid groups (broad SMARTS) is 1. The lowest BCUT2D eigenvalue weighted by molar-refractivity contribution is -0.157. The Morgan fingerprint density at radius 1 is 1.15 bits per heavy atom. The van der Waals surface area contributed by atoms with E-state index in [1.807, 2.05) is 31.2 Å². The Kier molecular flexibility index (Phi) is 7.66. The molecule has 0 radical (unpaired) electrons. The highest BCUT2D eigenvalue weighted by Crippen LogP contribution is 2.38.